The van der Waals surface area contributed by atoms with E-state index in [1.165, 1.54) is 31.4 Å². The first kappa shape index (κ1) is 12.8. The van der Waals surface area contributed by atoms with E-state index in [1.54, 1.807) is 0 Å². The van der Waals surface area contributed by atoms with Crippen molar-refractivity contribution in [3.63, 3.8) is 0 Å². The van der Waals surface area contributed by atoms with E-state index in [0.29, 0.717) is 12.0 Å². The van der Waals surface area contributed by atoms with Crippen molar-refractivity contribution in [2.24, 2.45) is 5.92 Å². The van der Waals surface area contributed by atoms with Crippen LogP contribution >= 0.6 is 23.2 Å². The van der Waals surface area contributed by atoms with Crippen molar-refractivity contribution in [1.29, 1.82) is 0 Å². The number of nitrogens with zero attached hydrogens (tertiary/aromatic N) is 2. The fourth-order valence-electron chi connectivity index (χ4n) is 2.98. The van der Waals surface area contributed by atoms with Gasteiger partial charge in [0.15, 0.2) is 0 Å². The summed E-state index contributed by atoms with van der Waals surface area (Å²) in [4.78, 5) is 2.57. The summed E-state index contributed by atoms with van der Waals surface area (Å²) in [6.45, 7) is 2.28. The summed E-state index contributed by atoms with van der Waals surface area (Å²) < 4.78 is -0.430. The van der Waals surface area contributed by atoms with Gasteiger partial charge in [0.2, 0.25) is 0 Å². The highest BCUT2D eigenvalue weighted by Gasteiger charge is 2.51. The minimum absolute atomic E-state index is 0.430. The second-order valence-corrected chi connectivity index (χ2v) is 7.07. The summed E-state index contributed by atoms with van der Waals surface area (Å²) in [6.07, 6.45) is 9.89. The molecule has 1 aliphatic heterocycles. The van der Waals surface area contributed by atoms with Crippen LogP contribution in [-0.4, -0.2) is 32.5 Å². The standard InChI is InChI=1S/C13H19Cl2N3/c14-13(15)7-11(13)4-6-18-5-2-1-3-12(18)10-8-16-17-9-10/h8-9,11-12H,1-7H2,(H,16,17)/t11-,12+/m1/s1. The van der Waals surface area contributed by atoms with Crippen molar-refractivity contribution in [3.05, 3.63) is 18.0 Å². The normalized spacial score (nSPS) is 31.4. The molecule has 5 heteroatoms. The summed E-state index contributed by atoms with van der Waals surface area (Å²) in [7, 11) is 0. The fraction of sp³-hybridized carbons (Fsp3) is 0.769. The molecule has 2 atom stereocenters. The zero-order valence-electron chi connectivity index (χ0n) is 10.4. The van der Waals surface area contributed by atoms with Crippen LogP contribution in [0, 0.1) is 5.92 Å². The lowest BCUT2D eigenvalue weighted by molar-refractivity contribution is 0.144. The van der Waals surface area contributed by atoms with Gasteiger partial charge >= 0.3 is 0 Å². The number of hydrogen-bond donors (Lipinski definition) is 1. The largest absolute Gasteiger partial charge is 0.296 e. The van der Waals surface area contributed by atoms with Crippen LogP contribution in [0.25, 0.3) is 0 Å². The number of rotatable bonds is 4. The van der Waals surface area contributed by atoms with E-state index in [0.717, 1.165) is 19.4 Å². The van der Waals surface area contributed by atoms with Crippen molar-refractivity contribution in [2.75, 3.05) is 13.1 Å². The molecule has 1 saturated carbocycles. The van der Waals surface area contributed by atoms with Crippen LogP contribution in [0.4, 0.5) is 0 Å². The number of nitrogens with one attached hydrogen (secondary N) is 1. The maximum Gasteiger partial charge on any atom is 0.121 e. The first-order valence-corrected chi connectivity index (χ1v) is 7.53. The van der Waals surface area contributed by atoms with Crippen molar-refractivity contribution in [1.82, 2.24) is 15.1 Å². The van der Waals surface area contributed by atoms with Crippen LogP contribution in [0.1, 0.15) is 43.7 Å². The van der Waals surface area contributed by atoms with Gasteiger partial charge < -0.3 is 0 Å². The number of halogens is 2. The number of alkyl halides is 2. The highest BCUT2D eigenvalue weighted by atomic mass is 35.5. The second-order valence-electron chi connectivity index (χ2n) is 5.53. The number of piperidine rings is 1. The van der Waals surface area contributed by atoms with Crippen molar-refractivity contribution in [2.45, 2.75) is 42.5 Å². The molecule has 0 aromatic carbocycles. The SMILES string of the molecule is ClC1(Cl)C[C@H]1CCN1CCCC[C@H]1c1cn[nH]c1. The van der Waals surface area contributed by atoms with Gasteiger partial charge in [0, 0.05) is 17.8 Å². The topological polar surface area (TPSA) is 31.9 Å². The van der Waals surface area contributed by atoms with Crippen molar-refractivity contribution >= 4 is 23.2 Å². The molecule has 0 bridgehead atoms. The molecule has 0 unspecified atom stereocenters. The highest BCUT2D eigenvalue weighted by Crippen LogP contribution is 2.55. The van der Waals surface area contributed by atoms with Gasteiger partial charge in [0.05, 0.1) is 6.20 Å². The lowest BCUT2D eigenvalue weighted by Crippen LogP contribution is -2.34. The second kappa shape index (κ2) is 5.03. The van der Waals surface area contributed by atoms with Crippen molar-refractivity contribution < 1.29 is 0 Å². The summed E-state index contributed by atoms with van der Waals surface area (Å²) in [5, 5.41) is 6.99. The summed E-state index contributed by atoms with van der Waals surface area (Å²) >= 11 is 12.2. The molecule has 1 aromatic heterocycles. The maximum atomic E-state index is 6.09. The summed E-state index contributed by atoms with van der Waals surface area (Å²) in [5.41, 5.74) is 1.31. The van der Waals surface area contributed by atoms with Gasteiger partial charge in [-0.15, -0.1) is 23.2 Å². The Kier molecular flexibility index (Phi) is 3.57. The molecule has 2 fully saturated rings. The predicted octanol–water partition coefficient (Wildman–Crippen LogP) is 3.52. The molecular formula is C13H19Cl2N3. The number of aromatic nitrogens is 2. The highest BCUT2D eigenvalue weighted by molar-refractivity contribution is 6.50. The van der Waals surface area contributed by atoms with Crippen LogP contribution in [0.5, 0.6) is 0 Å². The average molecular weight is 288 g/mol. The van der Waals surface area contributed by atoms with Crippen LogP contribution in [0.15, 0.2) is 12.4 Å². The van der Waals surface area contributed by atoms with Gasteiger partial charge in [-0.2, -0.15) is 5.10 Å². The van der Waals surface area contributed by atoms with E-state index in [4.69, 9.17) is 23.2 Å². The van der Waals surface area contributed by atoms with E-state index < -0.39 is 4.33 Å². The Morgan fingerprint density at radius 2 is 2.28 bits per heavy atom. The molecule has 0 amide bonds. The van der Waals surface area contributed by atoms with E-state index >= 15 is 0 Å². The lowest BCUT2D eigenvalue weighted by Gasteiger charge is -2.35. The maximum absolute atomic E-state index is 6.09. The Bertz CT molecular complexity index is 391. The van der Waals surface area contributed by atoms with E-state index in [2.05, 4.69) is 15.1 Å². The molecule has 0 radical (unpaired) electrons. The molecule has 18 heavy (non-hydrogen) atoms. The van der Waals surface area contributed by atoms with Crippen LogP contribution in [-0.2, 0) is 0 Å². The number of hydrogen-bond acceptors (Lipinski definition) is 2. The molecular weight excluding hydrogens is 269 g/mol. The van der Waals surface area contributed by atoms with E-state index in [-0.39, 0.29) is 0 Å². The minimum Gasteiger partial charge on any atom is -0.296 e. The molecule has 100 valence electrons. The number of likely N-dealkylation sites (tertiary alicyclic amines) is 1. The smallest absolute Gasteiger partial charge is 0.121 e. The Morgan fingerprint density at radius 3 is 2.94 bits per heavy atom. The number of aromatic amines is 1. The molecule has 0 spiro atoms. The van der Waals surface area contributed by atoms with Gasteiger partial charge in [0.1, 0.15) is 4.33 Å². The summed E-state index contributed by atoms with van der Waals surface area (Å²) in [6, 6.07) is 0.524. The molecule has 1 aromatic rings. The predicted molar refractivity (Wildman–Crippen MR) is 73.9 cm³/mol. The third kappa shape index (κ3) is 2.68. The monoisotopic (exact) mass is 287 g/mol. The van der Waals surface area contributed by atoms with Crippen LogP contribution < -0.4 is 0 Å². The van der Waals surface area contributed by atoms with Crippen LogP contribution in [0.3, 0.4) is 0 Å². The molecule has 1 N–H and O–H groups in total. The van der Waals surface area contributed by atoms with E-state index in [9.17, 15) is 0 Å². The van der Waals surface area contributed by atoms with Gasteiger partial charge in [-0.3, -0.25) is 10.00 Å². The Balaban J connectivity index is 1.58. The molecule has 3 nitrogen and oxygen atoms in total. The molecule has 2 heterocycles. The molecule has 3 rings (SSSR count). The van der Waals surface area contributed by atoms with Crippen molar-refractivity contribution in [3.8, 4) is 0 Å². The van der Waals surface area contributed by atoms with Gasteiger partial charge in [-0.05, 0) is 44.7 Å². The fourth-order valence-corrected chi connectivity index (χ4v) is 3.57. The molecule has 1 aliphatic carbocycles. The minimum atomic E-state index is -0.430. The Hall–Kier alpha value is -0.250. The third-order valence-electron chi connectivity index (χ3n) is 4.24. The van der Waals surface area contributed by atoms with Gasteiger partial charge in [-0.25, -0.2) is 0 Å². The zero-order chi connectivity index (χ0) is 12.6. The third-order valence-corrected chi connectivity index (χ3v) is 5.16. The first-order valence-electron chi connectivity index (χ1n) is 6.77. The lowest BCUT2D eigenvalue weighted by atomic mass is 9.97. The zero-order valence-corrected chi connectivity index (χ0v) is 11.9. The van der Waals surface area contributed by atoms with Gasteiger partial charge in [0.25, 0.3) is 0 Å². The molecule has 2 aliphatic rings. The quantitative estimate of drug-likeness (QED) is 0.860. The van der Waals surface area contributed by atoms with E-state index in [1.807, 2.05) is 12.4 Å². The first-order chi connectivity index (χ1) is 8.67. The van der Waals surface area contributed by atoms with Gasteiger partial charge in [-0.1, -0.05) is 6.42 Å². The number of H-pyrrole nitrogens is 1. The average Bonchev–Trinajstić information content (AvgIpc) is 2.81. The Labute approximate surface area is 118 Å². The Morgan fingerprint density at radius 1 is 1.44 bits per heavy atom. The van der Waals surface area contributed by atoms with Crippen LogP contribution in [0.2, 0.25) is 0 Å². The molecule has 1 saturated heterocycles. The summed E-state index contributed by atoms with van der Waals surface area (Å²) in [5.74, 6) is 0.493.